The number of aromatic nitrogens is 1. The maximum absolute atomic E-state index is 12.3. The first-order valence-corrected chi connectivity index (χ1v) is 8.36. The van der Waals surface area contributed by atoms with E-state index in [0.717, 1.165) is 5.56 Å². The summed E-state index contributed by atoms with van der Waals surface area (Å²) < 4.78 is 27.5. The highest BCUT2D eigenvalue weighted by atomic mass is 79.9. The fourth-order valence-electron chi connectivity index (χ4n) is 1.43. The van der Waals surface area contributed by atoms with Crippen LogP contribution < -0.4 is 4.72 Å². The highest BCUT2D eigenvalue weighted by Gasteiger charge is 2.21. The third-order valence-corrected chi connectivity index (χ3v) is 6.04. The van der Waals surface area contributed by atoms with E-state index >= 15 is 0 Å². The molecule has 0 bridgehead atoms. The number of hydrogen-bond acceptors (Lipinski definition) is 5. The second-order valence-electron chi connectivity index (χ2n) is 3.80. The Balaban J connectivity index is 2.38. The topological polar surface area (TPSA) is 79.3 Å². The van der Waals surface area contributed by atoms with Crippen molar-refractivity contribution in [2.75, 3.05) is 4.72 Å². The maximum Gasteiger partial charge on any atom is 0.263 e. The summed E-state index contributed by atoms with van der Waals surface area (Å²) in [7, 11) is -3.69. The Kier molecular flexibility index (Phi) is 4.24. The van der Waals surface area contributed by atoms with Gasteiger partial charge >= 0.3 is 0 Å². The molecule has 102 valence electrons. The fraction of sp³-hybridized carbons (Fsp3) is 0.182. The van der Waals surface area contributed by atoms with E-state index in [1.54, 1.807) is 19.2 Å². The summed E-state index contributed by atoms with van der Waals surface area (Å²) in [6, 6.07) is 3.17. The molecule has 2 aromatic rings. The molecule has 0 unspecified atom stereocenters. The SMILES string of the molecule is Cc1ccncc1NS(=O)(=O)c1cc(CO)sc1Br. The molecule has 0 aliphatic heterocycles. The number of sulfonamides is 1. The van der Waals surface area contributed by atoms with Crippen LogP contribution in [0.15, 0.2) is 33.2 Å². The van der Waals surface area contributed by atoms with Gasteiger partial charge in [0.25, 0.3) is 10.0 Å². The minimum atomic E-state index is -3.69. The molecule has 0 radical (unpaired) electrons. The Bertz CT molecular complexity index is 698. The summed E-state index contributed by atoms with van der Waals surface area (Å²) in [5.74, 6) is 0. The summed E-state index contributed by atoms with van der Waals surface area (Å²) in [6.45, 7) is 1.60. The first-order chi connectivity index (χ1) is 8.94. The highest BCUT2D eigenvalue weighted by molar-refractivity contribution is 9.11. The van der Waals surface area contributed by atoms with Crippen molar-refractivity contribution in [2.24, 2.45) is 0 Å². The van der Waals surface area contributed by atoms with Gasteiger partial charge in [0, 0.05) is 11.1 Å². The Morgan fingerprint density at radius 2 is 2.26 bits per heavy atom. The fourth-order valence-corrected chi connectivity index (χ4v) is 5.09. The summed E-state index contributed by atoms with van der Waals surface area (Å²) in [6.07, 6.45) is 3.05. The molecule has 2 heterocycles. The van der Waals surface area contributed by atoms with Crippen LogP contribution in [0, 0.1) is 6.92 Å². The van der Waals surface area contributed by atoms with Gasteiger partial charge in [0.2, 0.25) is 0 Å². The van der Waals surface area contributed by atoms with Crippen molar-refractivity contribution in [3.05, 3.63) is 38.8 Å². The van der Waals surface area contributed by atoms with E-state index in [2.05, 4.69) is 25.6 Å². The van der Waals surface area contributed by atoms with Crippen molar-refractivity contribution in [1.29, 1.82) is 0 Å². The highest BCUT2D eigenvalue weighted by Crippen LogP contribution is 2.33. The minimum Gasteiger partial charge on any atom is -0.391 e. The van der Waals surface area contributed by atoms with Gasteiger partial charge in [-0.25, -0.2) is 8.42 Å². The van der Waals surface area contributed by atoms with Crippen LogP contribution >= 0.6 is 27.3 Å². The molecule has 0 saturated heterocycles. The zero-order chi connectivity index (χ0) is 14.0. The third kappa shape index (κ3) is 3.14. The van der Waals surface area contributed by atoms with Gasteiger partial charge in [-0.2, -0.15) is 0 Å². The molecule has 19 heavy (non-hydrogen) atoms. The second kappa shape index (κ2) is 5.58. The number of aryl methyl sites for hydroxylation is 1. The Hall–Kier alpha value is -0.960. The molecule has 0 fully saturated rings. The van der Waals surface area contributed by atoms with E-state index in [9.17, 15) is 8.42 Å². The average Bonchev–Trinajstić information content (AvgIpc) is 2.74. The maximum atomic E-state index is 12.3. The Morgan fingerprint density at radius 1 is 1.53 bits per heavy atom. The van der Waals surface area contributed by atoms with E-state index in [1.165, 1.54) is 23.6 Å². The number of halogens is 1. The van der Waals surface area contributed by atoms with Crippen LogP contribution in [0.3, 0.4) is 0 Å². The molecular weight excluding hydrogens is 352 g/mol. The lowest BCUT2D eigenvalue weighted by Crippen LogP contribution is -2.13. The molecule has 0 amide bonds. The van der Waals surface area contributed by atoms with E-state index in [0.29, 0.717) is 14.4 Å². The van der Waals surface area contributed by atoms with Crippen LogP contribution in [0.4, 0.5) is 5.69 Å². The van der Waals surface area contributed by atoms with Gasteiger partial charge in [-0.05, 0) is 40.5 Å². The number of nitrogens with one attached hydrogen (secondary N) is 1. The number of aliphatic hydroxyl groups excluding tert-OH is 1. The first kappa shape index (κ1) is 14.4. The standard InChI is InChI=1S/C11H11BrN2O3S2/c1-7-2-3-13-5-9(7)14-19(16,17)10-4-8(6-15)18-11(10)12/h2-5,14-15H,6H2,1H3. The van der Waals surface area contributed by atoms with Crippen molar-refractivity contribution in [3.8, 4) is 0 Å². The molecular formula is C11H11BrN2O3S2. The molecule has 0 atom stereocenters. The zero-order valence-electron chi connectivity index (χ0n) is 9.92. The number of hydrogen-bond donors (Lipinski definition) is 2. The number of aliphatic hydroxyl groups is 1. The number of thiophene rings is 1. The smallest absolute Gasteiger partial charge is 0.263 e. The number of rotatable bonds is 4. The van der Waals surface area contributed by atoms with Gasteiger partial charge in [-0.1, -0.05) is 0 Å². The molecule has 0 aliphatic rings. The van der Waals surface area contributed by atoms with Crippen LogP contribution in [-0.2, 0) is 16.6 Å². The van der Waals surface area contributed by atoms with Gasteiger partial charge in [0.1, 0.15) is 4.90 Å². The predicted octanol–water partition coefficient (Wildman–Crippen LogP) is 2.51. The van der Waals surface area contributed by atoms with Crippen molar-refractivity contribution in [2.45, 2.75) is 18.4 Å². The summed E-state index contributed by atoms with van der Waals surface area (Å²) in [5.41, 5.74) is 1.22. The van der Waals surface area contributed by atoms with Crippen LogP contribution in [-0.4, -0.2) is 18.5 Å². The van der Waals surface area contributed by atoms with Gasteiger partial charge in [0.05, 0.1) is 22.3 Å². The average molecular weight is 363 g/mol. The quantitative estimate of drug-likeness (QED) is 0.875. The van der Waals surface area contributed by atoms with Crippen LogP contribution in [0.2, 0.25) is 0 Å². The second-order valence-corrected chi connectivity index (χ2v) is 7.91. The van der Waals surface area contributed by atoms with Gasteiger partial charge in [0.15, 0.2) is 0 Å². The van der Waals surface area contributed by atoms with Crippen molar-refractivity contribution in [3.63, 3.8) is 0 Å². The van der Waals surface area contributed by atoms with Gasteiger partial charge in [-0.3, -0.25) is 9.71 Å². The first-order valence-electron chi connectivity index (χ1n) is 5.26. The summed E-state index contributed by atoms with van der Waals surface area (Å²) in [5, 5.41) is 9.04. The van der Waals surface area contributed by atoms with E-state index in [1.807, 2.05) is 0 Å². The van der Waals surface area contributed by atoms with Gasteiger partial charge in [-0.15, -0.1) is 11.3 Å². The zero-order valence-corrected chi connectivity index (χ0v) is 13.1. The number of pyridine rings is 1. The Labute approximate surface area is 123 Å². The van der Waals surface area contributed by atoms with E-state index in [4.69, 9.17) is 5.11 Å². The predicted molar refractivity (Wildman–Crippen MR) is 77.7 cm³/mol. The van der Waals surface area contributed by atoms with Crippen molar-refractivity contribution < 1.29 is 13.5 Å². The Morgan fingerprint density at radius 3 is 2.84 bits per heavy atom. The van der Waals surface area contributed by atoms with Crippen LogP contribution in [0.5, 0.6) is 0 Å². The summed E-state index contributed by atoms with van der Waals surface area (Å²) in [4.78, 5) is 4.59. The molecule has 2 rings (SSSR count). The lowest BCUT2D eigenvalue weighted by atomic mass is 10.3. The lowest BCUT2D eigenvalue weighted by molar-refractivity contribution is 0.285. The van der Waals surface area contributed by atoms with Gasteiger partial charge < -0.3 is 5.11 Å². The third-order valence-electron chi connectivity index (χ3n) is 2.44. The lowest BCUT2D eigenvalue weighted by Gasteiger charge is -2.08. The molecule has 8 heteroatoms. The van der Waals surface area contributed by atoms with Crippen molar-refractivity contribution >= 4 is 43.0 Å². The monoisotopic (exact) mass is 362 g/mol. The van der Waals surface area contributed by atoms with E-state index in [-0.39, 0.29) is 11.5 Å². The molecule has 0 saturated carbocycles. The molecule has 5 nitrogen and oxygen atoms in total. The molecule has 0 aliphatic carbocycles. The van der Waals surface area contributed by atoms with Crippen molar-refractivity contribution in [1.82, 2.24) is 4.98 Å². The summed E-state index contributed by atoms with van der Waals surface area (Å²) >= 11 is 4.39. The minimum absolute atomic E-state index is 0.116. The largest absolute Gasteiger partial charge is 0.391 e. The molecule has 0 spiro atoms. The van der Waals surface area contributed by atoms with E-state index < -0.39 is 10.0 Å². The normalized spacial score (nSPS) is 11.5. The molecule has 2 aromatic heterocycles. The number of nitrogens with zero attached hydrogens (tertiary/aromatic N) is 1. The van der Waals surface area contributed by atoms with Crippen LogP contribution in [0.1, 0.15) is 10.4 Å². The van der Waals surface area contributed by atoms with Crippen LogP contribution in [0.25, 0.3) is 0 Å². The number of anilines is 1. The molecule has 0 aromatic carbocycles. The molecule has 2 N–H and O–H groups in total.